The zero-order valence-electron chi connectivity index (χ0n) is 12.0. The Hall–Kier alpha value is -1.21. The van der Waals surface area contributed by atoms with Crippen LogP contribution in [0.1, 0.15) is 17.4 Å². The molecule has 0 fully saturated rings. The minimum atomic E-state index is -3.44. The van der Waals surface area contributed by atoms with Crippen LogP contribution in [0.15, 0.2) is 46.7 Å². The van der Waals surface area contributed by atoms with E-state index in [1.165, 1.54) is 11.3 Å². The molecule has 0 aliphatic rings. The van der Waals surface area contributed by atoms with Crippen molar-refractivity contribution >= 4 is 21.4 Å². The normalized spacial score (nSPS) is 11.7. The molecule has 6 heteroatoms. The van der Waals surface area contributed by atoms with Gasteiger partial charge in [0.05, 0.1) is 4.90 Å². The summed E-state index contributed by atoms with van der Waals surface area (Å²) in [6.07, 6.45) is 0.900. The van der Waals surface area contributed by atoms with Gasteiger partial charge in [0, 0.05) is 11.4 Å². The van der Waals surface area contributed by atoms with Crippen LogP contribution in [0.2, 0.25) is 0 Å². The minimum Gasteiger partial charge on any atom is -0.317 e. The van der Waals surface area contributed by atoms with E-state index >= 15 is 0 Å². The molecule has 0 unspecified atom stereocenters. The summed E-state index contributed by atoms with van der Waals surface area (Å²) in [6, 6.07) is 10.9. The Balaban J connectivity index is 1.96. The predicted octanol–water partition coefficient (Wildman–Crippen LogP) is 2.38. The lowest BCUT2D eigenvalue weighted by molar-refractivity contribution is 0.582. The van der Waals surface area contributed by atoms with Gasteiger partial charge in [-0.3, -0.25) is 0 Å². The highest BCUT2D eigenvalue weighted by molar-refractivity contribution is 7.89. The number of rotatable bonds is 8. The molecule has 114 valence electrons. The van der Waals surface area contributed by atoms with Gasteiger partial charge in [0.25, 0.3) is 0 Å². The van der Waals surface area contributed by atoms with Crippen molar-refractivity contribution in [1.82, 2.24) is 10.0 Å². The topological polar surface area (TPSA) is 58.2 Å². The van der Waals surface area contributed by atoms with Crippen LogP contribution >= 0.6 is 11.3 Å². The fraction of sp³-hybridized carbons (Fsp3) is 0.333. The number of likely N-dealkylation sites (N-methyl/N-ethyl adjacent to an activating group) is 1. The van der Waals surface area contributed by atoms with Crippen molar-refractivity contribution in [3.8, 4) is 0 Å². The quantitative estimate of drug-likeness (QED) is 0.733. The second-order valence-electron chi connectivity index (χ2n) is 4.65. The molecule has 0 saturated heterocycles. The average molecular weight is 324 g/mol. The first kappa shape index (κ1) is 16.2. The van der Waals surface area contributed by atoms with Crippen molar-refractivity contribution in [3.63, 3.8) is 0 Å². The van der Waals surface area contributed by atoms with Crippen LogP contribution in [0.3, 0.4) is 0 Å². The molecule has 2 N–H and O–H groups in total. The van der Waals surface area contributed by atoms with Crippen LogP contribution < -0.4 is 10.0 Å². The number of thiophene rings is 1. The first-order valence-corrected chi connectivity index (χ1v) is 9.30. The van der Waals surface area contributed by atoms with Crippen LogP contribution in [-0.4, -0.2) is 21.5 Å². The molecule has 1 aromatic heterocycles. The maximum absolute atomic E-state index is 12.2. The lowest BCUT2D eigenvalue weighted by Gasteiger charge is -2.07. The second-order valence-corrected chi connectivity index (χ2v) is 7.45. The van der Waals surface area contributed by atoms with Gasteiger partial charge in [-0.2, -0.15) is 0 Å². The smallest absolute Gasteiger partial charge is 0.240 e. The van der Waals surface area contributed by atoms with Crippen molar-refractivity contribution in [2.24, 2.45) is 0 Å². The van der Waals surface area contributed by atoms with Crippen LogP contribution in [-0.2, 0) is 23.0 Å². The van der Waals surface area contributed by atoms with E-state index in [9.17, 15) is 8.42 Å². The van der Waals surface area contributed by atoms with Crippen molar-refractivity contribution in [1.29, 1.82) is 0 Å². The van der Waals surface area contributed by atoms with Gasteiger partial charge in [0.1, 0.15) is 0 Å². The highest BCUT2D eigenvalue weighted by Gasteiger charge is 2.13. The van der Waals surface area contributed by atoms with Gasteiger partial charge >= 0.3 is 0 Å². The SMILES string of the molecule is CCNCCc1ccc(S(=O)(=O)NCc2cccs2)cc1. The number of hydrogen-bond donors (Lipinski definition) is 2. The van der Waals surface area contributed by atoms with Gasteiger partial charge in [0.15, 0.2) is 0 Å². The van der Waals surface area contributed by atoms with Crippen molar-refractivity contribution in [2.45, 2.75) is 24.8 Å². The summed E-state index contributed by atoms with van der Waals surface area (Å²) in [5.41, 5.74) is 1.13. The van der Waals surface area contributed by atoms with E-state index < -0.39 is 10.0 Å². The van der Waals surface area contributed by atoms with Crippen LogP contribution in [0, 0.1) is 0 Å². The molecule has 21 heavy (non-hydrogen) atoms. The first-order valence-electron chi connectivity index (χ1n) is 6.93. The Kier molecular flexibility index (Phi) is 5.93. The van der Waals surface area contributed by atoms with E-state index in [-0.39, 0.29) is 0 Å². The van der Waals surface area contributed by atoms with E-state index in [0.717, 1.165) is 30.0 Å². The molecule has 2 rings (SSSR count). The molecule has 0 saturated carbocycles. The molecular formula is C15H20N2O2S2. The number of hydrogen-bond acceptors (Lipinski definition) is 4. The lowest BCUT2D eigenvalue weighted by Crippen LogP contribution is -2.22. The van der Waals surface area contributed by atoms with Gasteiger partial charge in [-0.25, -0.2) is 13.1 Å². The molecule has 4 nitrogen and oxygen atoms in total. The second kappa shape index (κ2) is 7.70. The fourth-order valence-electron chi connectivity index (χ4n) is 1.91. The molecule has 0 atom stereocenters. The predicted molar refractivity (Wildman–Crippen MR) is 87.0 cm³/mol. The Bertz CT molecular complexity index is 635. The Labute approximate surface area is 130 Å². The van der Waals surface area contributed by atoms with Crippen LogP contribution in [0.5, 0.6) is 0 Å². The minimum absolute atomic E-state index is 0.311. The molecule has 1 heterocycles. The highest BCUT2D eigenvalue weighted by Crippen LogP contribution is 2.13. The van der Waals surface area contributed by atoms with E-state index in [2.05, 4.69) is 17.0 Å². The molecule has 0 radical (unpaired) electrons. The number of benzene rings is 1. The third-order valence-corrected chi connectivity index (χ3v) is 5.38. The Morgan fingerprint density at radius 1 is 1.14 bits per heavy atom. The monoisotopic (exact) mass is 324 g/mol. The maximum Gasteiger partial charge on any atom is 0.240 e. The lowest BCUT2D eigenvalue weighted by atomic mass is 10.1. The molecule has 1 aromatic carbocycles. The van der Waals surface area contributed by atoms with Gasteiger partial charge in [0.2, 0.25) is 10.0 Å². The number of sulfonamides is 1. The molecular weight excluding hydrogens is 304 g/mol. The van der Waals surface area contributed by atoms with E-state index in [0.29, 0.717) is 11.4 Å². The van der Waals surface area contributed by atoms with Gasteiger partial charge in [-0.15, -0.1) is 11.3 Å². The van der Waals surface area contributed by atoms with Crippen LogP contribution in [0.25, 0.3) is 0 Å². The van der Waals surface area contributed by atoms with Crippen LogP contribution in [0.4, 0.5) is 0 Å². The third-order valence-electron chi connectivity index (χ3n) is 3.09. The van der Waals surface area contributed by atoms with Gasteiger partial charge in [-0.1, -0.05) is 25.1 Å². The molecule has 0 spiro atoms. The summed E-state index contributed by atoms with van der Waals surface area (Å²) >= 11 is 1.54. The zero-order chi connectivity index (χ0) is 15.1. The van der Waals surface area contributed by atoms with Gasteiger partial charge < -0.3 is 5.32 Å². The molecule has 2 aromatic rings. The zero-order valence-corrected chi connectivity index (χ0v) is 13.6. The summed E-state index contributed by atoms with van der Waals surface area (Å²) in [7, 11) is -3.44. The van der Waals surface area contributed by atoms with Crippen molar-refractivity contribution in [3.05, 3.63) is 52.2 Å². The largest absolute Gasteiger partial charge is 0.317 e. The molecule has 0 bridgehead atoms. The summed E-state index contributed by atoms with van der Waals surface area (Å²) in [5, 5.41) is 5.18. The first-order chi connectivity index (χ1) is 10.1. The molecule has 0 amide bonds. The van der Waals surface area contributed by atoms with Gasteiger partial charge in [-0.05, 0) is 48.7 Å². The van der Waals surface area contributed by atoms with Crippen molar-refractivity contribution in [2.75, 3.05) is 13.1 Å². The highest BCUT2D eigenvalue weighted by atomic mass is 32.2. The van der Waals surface area contributed by atoms with E-state index in [4.69, 9.17) is 0 Å². The average Bonchev–Trinajstić information content (AvgIpc) is 3.00. The summed E-state index contributed by atoms with van der Waals surface area (Å²) < 4.78 is 27.0. The Morgan fingerprint density at radius 2 is 1.90 bits per heavy atom. The summed E-state index contributed by atoms with van der Waals surface area (Å²) in [6.45, 7) is 4.25. The van der Waals surface area contributed by atoms with Crippen molar-refractivity contribution < 1.29 is 8.42 Å². The van der Waals surface area contributed by atoms with E-state index in [1.807, 2.05) is 29.6 Å². The fourth-order valence-corrected chi connectivity index (χ4v) is 3.65. The van der Waals surface area contributed by atoms with E-state index in [1.54, 1.807) is 12.1 Å². The Morgan fingerprint density at radius 3 is 2.52 bits per heavy atom. The summed E-state index contributed by atoms with van der Waals surface area (Å²) in [5.74, 6) is 0. The third kappa shape index (κ3) is 4.93. The molecule has 0 aliphatic carbocycles. The maximum atomic E-state index is 12.2. The summed E-state index contributed by atoms with van der Waals surface area (Å²) in [4.78, 5) is 1.31. The molecule has 0 aliphatic heterocycles. The number of nitrogens with one attached hydrogen (secondary N) is 2. The standard InChI is InChI=1S/C15H20N2O2S2/c1-2-16-10-9-13-5-7-15(8-6-13)21(18,19)17-12-14-4-3-11-20-14/h3-8,11,16-17H,2,9-10,12H2,1H3.